The quantitative estimate of drug-likeness (QED) is 0.753. The van der Waals surface area contributed by atoms with Gasteiger partial charge in [0.15, 0.2) is 17.6 Å². The van der Waals surface area contributed by atoms with Gasteiger partial charge in [-0.15, -0.1) is 0 Å². The molecular formula is C19H22N2O6S. The first-order valence-electron chi connectivity index (χ1n) is 8.85. The fourth-order valence-electron chi connectivity index (χ4n) is 2.90. The first-order chi connectivity index (χ1) is 13.4. The summed E-state index contributed by atoms with van der Waals surface area (Å²) >= 11 is 0. The second-order valence-electron chi connectivity index (χ2n) is 5.99. The molecule has 0 saturated heterocycles. The normalized spacial score (nSPS) is 16.1. The molecule has 2 aromatic rings. The summed E-state index contributed by atoms with van der Waals surface area (Å²) in [6.07, 6.45) is -1.08. The highest BCUT2D eigenvalue weighted by Gasteiger charge is 2.37. The van der Waals surface area contributed by atoms with Crippen LogP contribution in [0.5, 0.6) is 17.2 Å². The van der Waals surface area contributed by atoms with Crippen molar-refractivity contribution in [1.82, 2.24) is 0 Å². The van der Waals surface area contributed by atoms with Crippen LogP contribution in [0.3, 0.4) is 0 Å². The van der Waals surface area contributed by atoms with Gasteiger partial charge in [-0.1, -0.05) is 12.1 Å². The number of amides is 1. The number of rotatable bonds is 7. The Labute approximate surface area is 163 Å². The molecule has 1 heterocycles. The third-order valence-electron chi connectivity index (χ3n) is 4.16. The maximum Gasteiger partial charge on any atom is 0.264 e. The van der Waals surface area contributed by atoms with Gasteiger partial charge in [-0.25, -0.2) is 8.42 Å². The van der Waals surface area contributed by atoms with Gasteiger partial charge in [-0.3, -0.25) is 9.10 Å². The molecule has 2 aromatic carbocycles. The van der Waals surface area contributed by atoms with Gasteiger partial charge in [-0.05, 0) is 38.1 Å². The van der Waals surface area contributed by atoms with Crippen LogP contribution in [-0.2, 0) is 14.8 Å². The fraction of sp³-hybridized carbons (Fsp3) is 0.316. The van der Waals surface area contributed by atoms with Gasteiger partial charge >= 0.3 is 0 Å². The monoisotopic (exact) mass is 406 g/mol. The van der Waals surface area contributed by atoms with E-state index in [0.717, 1.165) is 4.31 Å². The third-order valence-corrected chi connectivity index (χ3v) is 5.93. The van der Waals surface area contributed by atoms with Gasteiger partial charge in [0.2, 0.25) is 0 Å². The molecule has 1 aliphatic heterocycles. The second kappa shape index (κ2) is 7.97. The van der Waals surface area contributed by atoms with E-state index in [2.05, 4.69) is 0 Å². The average molecular weight is 406 g/mol. The summed E-state index contributed by atoms with van der Waals surface area (Å²) in [5.74, 6) is 0.326. The number of carbonyl (C=O) groups excluding carboxylic acids is 1. The molecule has 0 aromatic heterocycles. The van der Waals surface area contributed by atoms with Crippen LogP contribution >= 0.6 is 0 Å². The van der Waals surface area contributed by atoms with E-state index >= 15 is 0 Å². The van der Waals surface area contributed by atoms with Gasteiger partial charge in [-0.2, -0.15) is 0 Å². The highest BCUT2D eigenvalue weighted by Crippen LogP contribution is 2.38. The van der Waals surface area contributed by atoms with Gasteiger partial charge in [0, 0.05) is 6.07 Å². The molecule has 0 unspecified atom stereocenters. The Kier molecular flexibility index (Phi) is 5.64. The number of nitrogens with two attached hydrogens (primary N) is 1. The Morgan fingerprint density at radius 3 is 2.50 bits per heavy atom. The van der Waals surface area contributed by atoms with Gasteiger partial charge < -0.3 is 19.9 Å². The van der Waals surface area contributed by atoms with Crippen molar-refractivity contribution < 1.29 is 27.4 Å². The molecule has 0 aliphatic carbocycles. The van der Waals surface area contributed by atoms with E-state index in [4.69, 9.17) is 19.9 Å². The van der Waals surface area contributed by atoms with Crippen LogP contribution in [0, 0.1) is 0 Å². The van der Waals surface area contributed by atoms with Gasteiger partial charge in [0.05, 0.1) is 30.3 Å². The zero-order valence-electron chi connectivity index (χ0n) is 15.6. The van der Waals surface area contributed by atoms with Crippen molar-refractivity contribution >= 4 is 21.6 Å². The largest absolute Gasteiger partial charge is 0.490 e. The maximum atomic E-state index is 13.4. The van der Waals surface area contributed by atoms with Crippen molar-refractivity contribution in [2.45, 2.75) is 24.8 Å². The topological polar surface area (TPSA) is 108 Å². The van der Waals surface area contributed by atoms with Crippen LogP contribution in [0.2, 0.25) is 0 Å². The van der Waals surface area contributed by atoms with Crippen LogP contribution in [0.25, 0.3) is 0 Å². The molecule has 1 amide bonds. The van der Waals surface area contributed by atoms with Crippen molar-refractivity contribution in [3.63, 3.8) is 0 Å². The molecule has 0 spiro atoms. The molecule has 2 N–H and O–H groups in total. The van der Waals surface area contributed by atoms with Gasteiger partial charge in [0.1, 0.15) is 5.75 Å². The molecular weight excluding hydrogens is 384 g/mol. The van der Waals surface area contributed by atoms with Crippen LogP contribution in [0.1, 0.15) is 13.8 Å². The number of fused-ring (bicyclic) bond motifs is 1. The van der Waals surface area contributed by atoms with Crippen molar-refractivity contribution in [1.29, 1.82) is 0 Å². The third kappa shape index (κ3) is 3.70. The summed E-state index contributed by atoms with van der Waals surface area (Å²) in [5, 5.41) is 0. The molecule has 9 heteroatoms. The van der Waals surface area contributed by atoms with Gasteiger partial charge in [0.25, 0.3) is 15.9 Å². The van der Waals surface area contributed by atoms with Crippen molar-refractivity contribution in [3.8, 4) is 17.2 Å². The minimum absolute atomic E-state index is 0.0133. The Bertz CT molecular complexity index is 976. The zero-order valence-corrected chi connectivity index (χ0v) is 16.4. The van der Waals surface area contributed by atoms with E-state index in [1.165, 1.54) is 12.1 Å². The Hall–Kier alpha value is -2.94. The molecule has 3 rings (SSSR count). The number of hydrogen-bond donors (Lipinski definition) is 1. The molecule has 150 valence electrons. The molecule has 0 radical (unpaired) electrons. The van der Waals surface area contributed by atoms with E-state index in [1.54, 1.807) is 37.3 Å². The SMILES string of the molecule is CCOc1ccc(S(=O)(=O)N2C[C@H](C(N)=O)Oc3ccccc32)cc1OCC. The lowest BCUT2D eigenvalue weighted by Gasteiger charge is -2.34. The Balaban J connectivity index is 2.07. The van der Waals surface area contributed by atoms with E-state index in [-0.39, 0.29) is 17.2 Å². The van der Waals surface area contributed by atoms with E-state index in [9.17, 15) is 13.2 Å². The number of ether oxygens (including phenoxy) is 3. The van der Waals surface area contributed by atoms with E-state index < -0.39 is 22.0 Å². The van der Waals surface area contributed by atoms with E-state index in [0.29, 0.717) is 30.4 Å². The van der Waals surface area contributed by atoms with Crippen molar-refractivity contribution in [2.75, 3.05) is 24.1 Å². The number of nitrogens with zero attached hydrogens (tertiary/aromatic N) is 1. The molecule has 0 saturated carbocycles. The summed E-state index contributed by atoms with van der Waals surface area (Å²) in [6, 6.07) is 11.0. The molecule has 0 bridgehead atoms. The summed E-state index contributed by atoms with van der Waals surface area (Å²) < 4.78 is 44.4. The van der Waals surface area contributed by atoms with Crippen molar-refractivity contribution in [2.24, 2.45) is 5.73 Å². The van der Waals surface area contributed by atoms with Crippen LogP contribution in [0.4, 0.5) is 5.69 Å². The summed E-state index contributed by atoms with van der Waals surface area (Å²) in [7, 11) is -4.00. The summed E-state index contributed by atoms with van der Waals surface area (Å²) in [6.45, 7) is 4.18. The number of carbonyl (C=O) groups is 1. The summed E-state index contributed by atoms with van der Waals surface area (Å²) in [4.78, 5) is 11.7. The number of primary amides is 1. The Morgan fingerprint density at radius 1 is 1.14 bits per heavy atom. The average Bonchev–Trinajstić information content (AvgIpc) is 2.68. The number of hydrogen-bond acceptors (Lipinski definition) is 6. The predicted molar refractivity (Wildman–Crippen MR) is 103 cm³/mol. The zero-order chi connectivity index (χ0) is 20.3. The highest BCUT2D eigenvalue weighted by molar-refractivity contribution is 7.92. The minimum atomic E-state index is -4.00. The second-order valence-corrected chi connectivity index (χ2v) is 7.85. The lowest BCUT2D eigenvalue weighted by molar-refractivity contribution is -0.124. The molecule has 1 atom stereocenters. The fourth-order valence-corrected chi connectivity index (χ4v) is 4.39. The molecule has 28 heavy (non-hydrogen) atoms. The molecule has 0 fully saturated rings. The lowest BCUT2D eigenvalue weighted by atomic mass is 10.2. The van der Waals surface area contributed by atoms with Crippen LogP contribution < -0.4 is 24.2 Å². The number of benzene rings is 2. The van der Waals surface area contributed by atoms with Crippen molar-refractivity contribution in [3.05, 3.63) is 42.5 Å². The standard InChI is InChI=1S/C19H22N2O6S/c1-3-25-16-10-9-13(11-17(16)26-4-2)28(23,24)21-12-18(19(20)22)27-15-8-6-5-7-14(15)21/h5-11,18H,3-4,12H2,1-2H3,(H2,20,22)/t18-/m1/s1. The first kappa shape index (κ1) is 19.8. The Morgan fingerprint density at radius 2 is 1.82 bits per heavy atom. The number of sulfonamides is 1. The highest BCUT2D eigenvalue weighted by atomic mass is 32.2. The van der Waals surface area contributed by atoms with Crippen LogP contribution in [0.15, 0.2) is 47.4 Å². The predicted octanol–water partition coefficient (Wildman–Crippen LogP) is 1.93. The van der Waals surface area contributed by atoms with E-state index in [1.807, 2.05) is 6.92 Å². The first-order valence-corrected chi connectivity index (χ1v) is 10.3. The lowest BCUT2D eigenvalue weighted by Crippen LogP contribution is -2.49. The number of anilines is 1. The smallest absolute Gasteiger partial charge is 0.264 e. The summed E-state index contributed by atoms with van der Waals surface area (Å²) in [5.41, 5.74) is 5.70. The van der Waals surface area contributed by atoms with Crippen LogP contribution in [-0.4, -0.2) is 40.2 Å². The molecule has 8 nitrogen and oxygen atoms in total. The maximum absolute atomic E-state index is 13.4. The minimum Gasteiger partial charge on any atom is -0.490 e. The molecule has 1 aliphatic rings. The number of para-hydroxylation sites is 2.